The Morgan fingerprint density at radius 2 is 1.80 bits per heavy atom. The molecule has 9 nitrogen and oxygen atoms in total. The van der Waals surface area contributed by atoms with Crippen LogP contribution in [-0.2, 0) is 20.9 Å². The number of hydrogen-bond acceptors (Lipinski definition) is 6. The van der Waals surface area contributed by atoms with Gasteiger partial charge in [-0.3, -0.25) is 29.4 Å². The van der Waals surface area contributed by atoms with Gasteiger partial charge in [-0.25, -0.2) is 0 Å². The zero-order valence-electron chi connectivity index (χ0n) is 20.2. The Kier molecular flexibility index (Phi) is 7.04. The summed E-state index contributed by atoms with van der Waals surface area (Å²) in [7, 11) is 0. The van der Waals surface area contributed by atoms with Crippen molar-refractivity contribution in [1.82, 2.24) is 20.0 Å². The van der Waals surface area contributed by atoms with Gasteiger partial charge in [0.2, 0.25) is 17.7 Å². The van der Waals surface area contributed by atoms with Crippen molar-refractivity contribution in [3.63, 3.8) is 0 Å². The molecule has 1 aromatic carbocycles. The highest BCUT2D eigenvalue weighted by Crippen LogP contribution is 2.30. The van der Waals surface area contributed by atoms with E-state index in [1.165, 1.54) is 19.3 Å². The summed E-state index contributed by atoms with van der Waals surface area (Å²) in [6.07, 6.45) is 7.21. The van der Waals surface area contributed by atoms with Crippen LogP contribution in [0.1, 0.15) is 67.3 Å². The van der Waals surface area contributed by atoms with Crippen molar-refractivity contribution >= 4 is 23.6 Å². The molecule has 0 bridgehead atoms. The highest BCUT2D eigenvalue weighted by Gasteiger charge is 2.39. The van der Waals surface area contributed by atoms with E-state index < -0.39 is 11.9 Å². The molecule has 5 rings (SSSR count). The Morgan fingerprint density at radius 1 is 1.00 bits per heavy atom. The van der Waals surface area contributed by atoms with Crippen molar-refractivity contribution in [3.8, 4) is 5.75 Å². The molecule has 0 saturated carbocycles. The monoisotopic (exact) mass is 482 g/mol. The summed E-state index contributed by atoms with van der Waals surface area (Å²) in [5.41, 5.74) is 1.39. The number of hydrogen-bond donors (Lipinski definition) is 1. The van der Waals surface area contributed by atoms with E-state index in [-0.39, 0.29) is 30.2 Å². The fraction of sp³-hybridized carbons (Fsp3) is 0.615. The van der Waals surface area contributed by atoms with Crippen molar-refractivity contribution in [2.45, 2.75) is 70.0 Å². The number of benzene rings is 1. The summed E-state index contributed by atoms with van der Waals surface area (Å²) >= 11 is 0. The second-order valence-electron chi connectivity index (χ2n) is 10.1. The lowest BCUT2D eigenvalue weighted by Gasteiger charge is -2.37. The van der Waals surface area contributed by atoms with E-state index in [9.17, 15) is 19.2 Å². The van der Waals surface area contributed by atoms with Crippen LogP contribution in [0.4, 0.5) is 0 Å². The van der Waals surface area contributed by atoms with Gasteiger partial charge in [-0.2, -0.15) is 0 Å². The number of fused-ring (bicyclic) bond motifs is 1. The number of rotatable bonds is 6. The molecule has 35 heavy (non-hydrogen) atoms. The molecule has 2 atom stereocenters. The molecule has 0 aromatic heterocycles. The van der Waals surface area contributed by atoms with E-state index >= 15 is 0 Å². The zero-order valence-corrected chi connectivity index (χ0v) is 20.2. The van der Waals surface area contributed by atoms with E-state index in [2.05, 4.69) is 10.2 Å². The third-order valence-electron chi connectivity index (χ3n) is 7.69. The van der Waals surface area contributed by atoms with Gasteiger partial charge < -0.3 is 14.5 Å². The molecule has 188 valence electrons. The lowest BCUT2D eigenvalue weighted by atomic mass is 10.0. The molecule has 0 aliphatic carbocycles. The fourth-order valence-electron chi connectivity index (χ4n) is 5.73. The molecule has 1 N–H and O–H groups in total. The van der Waals surface area contributed by atoms with E-state index in [1.807, 2.05) is 11.0 Å². The Bertz CT molecular complexity index is 1010. The summed E-state index contributed by atoms with van der Waals surface area (Å²) in [4.78, 5) is 55.5. The smallest absolute Gasteiger partial charge is 0.255 e. The van der Waals surface area contributed by atoms with Gasteiger partial charge in [0.1, 0.15) is 18.4 Å². The lowest BCUT2D eigenvalue weighted by molar-refractivity contribution is -0.138. The van der Waals surface area contributed by atoms with Crippen molar-refractivity contribution in [3.05, 3.63) is 29.3 Å². The first kappa shape index (κ1) is 23.8. The van der Waals surface area contributed by atoms with E-state index in [4.69, 9.17) is 4.74 Å². The molecule has 1 unspecified atom stereocenters. The molecule has 9 heteroatoms. The SMILES string of the molecule is O=C1CCC(N2Cc3cc(OC[C@@H]4CCCCN4C(=O)CN4CCCCC4)ccc3C2=O)C(=O)N1. The van der Waals surface area contributed by atoms with Crippen LogP contribution < -0.4 is 10.1 Å². The molecular formula is C26H34N4O5. The summed E-state index contributed by atoms with van der Waals surface area (Å²) in [6.45, 7) is 4.03. The molecule has 3 saturated heterocycles. The third-order valence-corrected chi connectivity index (χ3v) is 7.69. The topological polar surface area (TPSA) is 99.3 Å². The lowest BCUT2D eigenvalue weighted by Crippen LogP contribution is -2.52. The predicted molar refractivity (Wildman–Crippen MR) is 128 cm³/mol. The number of carbonyl (C=O) groups is 4. The number of piperidine rings is 3. The van der Waals surface area contributed by atoms with E-state index in [1.54, 1.807) is 17.0 Å². The average molecular weight is 483 g/mol. The number of ether oxygens (including phenoxy) is 1. The van der Waals surface area contributed by atoms with E-state index in [0.717, 1.165) is 44.5 Å². The van der Waals surface area contributed by atoms with Crippen LogP contribution in [0.5, 0.6) is 5.75 Å². The molecule has 3 fully saturated rings. The number of carbonyl (C=O) groups excluding carboxylic acids is 4. The molecule has 4 aliphatic heterocycles. The molecule has 0 radical (unpaired) electrons. The Labute approximate surface area is 205 Å². The standard InChI is InChI=1S/C26H34N4O5/c31-23-10-9-22(25(33)27-23)30-15-18-14-20(7-8-21(18)26(30)34)35-17-19-6-2-5-13-29(19)24(32)16-28-11-3-1-4-12-28/h7-8,14,19,22H,1-6,9-13,15-17H2,(H,27,31,33)/t19-,22?/m0/s1. The summed E-state index contributed by atoms with van der Waals surface area (Å²) in [5, 5.41) is 2.33. The first-order valence-electron chi connectivity index (χ1n) is 12.9. The van der Waals surface area contributed by atoms with Gasteiger partial charge >= 0.3 is 0 Å². The van der Waals surface area contributed by atoms with Crippen LogP contribution in [0, 0.1) is 0 Å². The minimum absolute atomic E-state index is 0.0518. The maximum absolute atomic E-state index is 13.0. The van der Waals surface area contributed by atoms with Gasteiger partial charge in [0.05, 0.1) is 12.6 Å². The van der Waals surface area contributed by atoms with Crippen LogP contribution in [0.25, 0.3) is 0 Å². The van der Waals surface area contributed by atoms with Gasteiger partial charge in [0, 0.05) is 25.1 Å². The first-order chi connectivity index (χ1) is 17.0. The molecule has 4 aliphatic rings. The minimum atomic E-state index is -0.626. The molecular weight excluding hydrogens is 448 g/mol. The van der Waals surface area contributed by atoms with Gasteiger partial charge in [0.15, 0.2) is 0 Å². The minimum Gasteiger partial charge on any atom is -0.491 e. The van der Waals surface area contributed by atoms with Crippen LogP contribution >= 0.6 is 0 Å². The fourth-order valence-corrected chi connectivity index (χ4v) is 5.73. The first-order valence-corrected chi connectivity index (χ1v) is 12.9. The average Bonchev–Trinajstić information content (AvgIpc) is 3.19. The van der Waals surface area contributed by atoms with Gasteiger partial charge in [-0.05, 0) is 75.4 Å². The van der Waals surface area contributed by atoms with Gasteiger partial charge in [-0.1, -0.05) is 6.42 Å². The number of likely N-dealkylation sites (tertiary alicyclic amines) is 2. The summed E-state index contributed by atoms with van der Waals surface area (Å²) < 4.78 is 6.13. The van der Waals surface area contributed by atoms with Crippen molar-refractivity contribution < 1.29 is 23.9 Å². The Hall–Kier alpha value is -2.94. The summed E-state index contributed by atoms with van der Waals surface area (Å²) in [6, 6.07) is 4.82. The normalized spacial score (nSPS) is 25.4. The number of nitrogens with zero attached hydrogens (tertiary/aromatic N) is 3. The summed E-state index contributed by atoms with van der Waals surface area (Å²) in [5.74, 6) is -0.0409. The highest BCUT2D eigenvalue weighted by atomic mass is 16.5. The zero-order chi connectivity index (χ0) is 24.4. The number of imide groups is 1. The second kappa shape index (κ2) is 10.4. The van der Waals surface area contributed by atoms with Gasteiger partial charge in [0.25, 0.3) is 5.91 Å². The van der Waals surface area contributed by atoms with E-state index in [0.29, 0.717) is 37.4 Å². The molecule has 4 amide bonds. The van der Waals surface area contributed by atoms with Crippen molar-refractivity contribution in [1.29, 1.82) is 0 Å². The molecule has 0 spiro atoms. The van der Waals surface area contributed by atoms with Gasteiger partial charge in [-0.15, -0.1) is 0 Å². The second-order valence-corrected chi connectivity index (χ2v) is 10.1. The number of amides is 4. The largest absolute Gasteiger partial charge is 0.491 e. The Balaban J connectivity index is 1.20. The predicted octanol–water partition coefficient (Wildman–Crippen LogP) is 1.69. The third kappa shape index (κ3) is 5.19. The maximum atomic E-state index is 13.0. The van der Waals surface area contributed by atoms with Crippen molar-refractivity contribution in [2.75, 3.05) is 32.8 Å². The quantitative estimate of drug-likeness (QED) is 0.620. The van der Waals surface area contributed by atoms with Crippen LogP contribution in [0.3, 0.4) is 0 Å². The highest BCUT2D eigenvalue weighted by molar-refractivity contribution is 6.05. The number of nitrogens with one attached hydrogen (secondary N) is 1. The molecule has 4 heterocycles. The van der Waals surface area contributed by atoms with Crippen LogP contribution in [0.2, 0.25) is 0 Å². The van der Waals surface area contributed by atoms with Crippen molar-refractivity contribution in [2.24, 2.45) is 0 Å². The van der Waals surface area contributed by atoms with Crippen LogP contribution in [0.15, 0.2) is 18.2 Å². The maximum Gasteiger partial charge on any atom is 0.255 e. The Morgan fingerprint density at radius 3 is 2.60 bits per heavy atom. The van der Waals surface area contributed by atoms with Crippen LogP contribution in [-0.4, -0.2) is 83.2 Å². The molecule has 1 aromatic rings.